The number of hydrazine groups is 1. The molecule has 0 aliphatic heterocycles. The molecule has 5 atom stereocenters. The Morgan fingerprint density at radius 3 is 2.44 bits per heavy atom. The molecule has 0 radical (unpaired) electrons. The second kappa shape index (κ2) is 19.8. The first-order chi connectivity index (χ1) is 20.7. The molecule has 0 aliphatic carbocycles. The molecule has 2 rings (SSSR count). The van der Waals surface area contributed by atoms with Crippen LogP contribution in [0.3, 0.4) is 0 Å². The van der Waals surface area contributed by atoms with Crippen LogP contribution in [0.4, 0.5) is 4.79 Å². The third-order valence-electron chi connectivity index (χ3n) is 7.25. The lowest BCUT2D eigenvalue weighted by atomic mass is 10.0. The number of carbonyl (C=O) groups is 4. The number of hydrogen-bond acceptors (Lipinski definition) is 10. The molecule has 5 N–H and O–H groups in total. The van der Waals surface area contributed by atoms with E-state index in [0.717, 1.165) is 41.9 Å². The van der Waals surface area contributed by atoms with Crippen LogP contribution >= 0.6 is 11.3 Å². The fourth-order valence-electron chi connectivity index (χ4n) is 4.63. The van der Waals surface area contributed by atoms with Crippen LogP contribution in [-0.2, 0) is 27.3 Å². The summed E-state index contributed by atoms with van der Waals surface area (Å²) in [5.74, 6) is -0.877. The summed E-state index contributed by atoms with van der Waals surface area (Å²) < 4.78 is 0. The van der Waals surface area contributed by atoms with E-state index in [1.807, 2.05) is 24.4 Å². The van der Waals surface area contributed by atoms with Crippen molar-refractivity contribution in [3.05, 3.63) is 46.2 Å². The molecule has 5 unspecified atom stereocenters. The minimum Gasteiger partial charge on any atom is -0.465 e. The quantitative estimate of drug-likeness (QED) is 0.0573. The van der Waals surface area contributed by atoms with Crippen LogP contribution in [0.25, 0.3) is 0 Å². The van der Waals surface area contributed by atoms with Crippen LogP contribution in [0, 0.1) is 12.8 Å². The molecule has 2 amide bonds. The Balaban J connectivity index is 2.35. The van der Waals surface area contributed by atoms with Gasteiger partial charge >= 0.3 is 6.09 Å². The standard InChI is InChI=1S/C30H47N7O5S/c1-5-22(3)32-13-8-10-25(9-6-7-16-38)37(33-18-24-11-14-31-15-12-24)28(36-30(41)42)26(19-39)35-29(40)21(2)17-27-34-23(4)20-43-27/h11-12,14-16,19-22,25-26,28,32-33,36H,5-10,13,17-18H2,1-4H3,(H,35,40)(H,41,42). The number of amides is 2. The van der Waals surface area contributed by atoms with Gasteiger partial charge in [-0.1, -0.05) is 13.8 Å². The van der Waals surface area contributed by atoms with E-state index >= 15 is 0 Å². The van der Waals surface area contributed by atoms with Crippen molar-refractivity contribution < 1.29 is 24.3 Å². The van der Waals surface area contributed by atoms with Gasteiger partial charge in [0.25, 0.3) is 0 Å². The highest BCUT2D eigenvalue weighted by atomic mass is 32.1. The lowest BCUT2D eigenvalue weighted by Crippen LogP contribution is -2.66. The zero-order chi connectivity index (χ0) is 31.6. The van der Waals surface area contributed by atoms with Crippen molar-refractivity contribution >= 4 is 35.9 Å². The number of aryl methyl sites for hydroxylation is 1. The summed E-state index contributed by atoms with van der Waals surface area (Å²) in [6.45, 7) is 8.95. The molecular formula is C30H47N7O5S. The molecule has 0 saturated carbocycles. The second-order valence-corrected chi connectivity index (χ2v) is 11.7. The maximum absolute atomic E-state index is 13.2. The minimum atomic E-state index is -1.34. The van der Waals surface area contributed by atoms with E-state index in [1.165, 1.54) is 11.3 Å². The zero-order valence-electron chi connectivity index (χ0n) is 25.6. The largest absolute Gasteiger partial charge is 0.465 e. The predicted octanol–water partition coefficient (Wildman–Crippen LogP) is 3.22. The monoisotopic (exact) mass is 617 g/mol. The van der Waals surface area contributed by atoms with Gasteiger partial charge in [-0.3, -0.25) is 9.78 Å². The van der Waals surface area contributed by atoms with Gasteiger partial charge in [-0.25, -0.2) is 20.2 Å². The number of nitrogens with one attached hydrogen (secondary N) is 4. The van der Waals surface area contributed by atoms with Crippen molar-refractivity contribution in [3.63, 3.8) is 0 Å². The highest BCUT2D eigenvalue weighted by Crippen LogP contribution is 2.19. The van der Waals surface area contributed by atoms with E-state index in [1.54, 1.807) is 24.3 Å². The molecule has 0 spiro atoms. The van der Waals surface area contributed by atoms with E-state index in [-0.39, 0.29) is 11.9 Å². The van der Waals surface area contributed by atoms with E-state index in [4.69, 9.17) is 0 Å². The number of thiazole rings is 1. The van der Waals surface area contributed by atoms with Crippen molar-refractivity contribution in [3.8, 4) is 0 Å². The summed E-state index contributed by atoms with van der Waals surface area (Å²) in [5, 5.41) is 23.0. The Labute approximate surface area is 258 Å². The summed E-state index contributed by atoms with van der Waals surface area (Å²) in [7, 11) is 0. The van der Waals surface area contributed by atoms with Gasteiger partial charge in [-0.15, -0.1) is 11.3 Å². The van der Waals surface area contributed by atoms with E-state index in [2.05, 4.69) is 45.2 Å². The minimum absolute atomic E-state index is 0.257. The highest BCUT2D eigenvalue weighted by molar-refractivity contribution is 7.09. The number of carbonyl (C=O) groups excluding carboxylic acids is 3. The van der Waals surface area contributed by atoms with Crippen molar-refractivity contribution in [1.82, 2.24) is 36.4 Å². The third-order valence-corrected chi connectivity index (χ3v) is 8.24. The molecule has 238 valence electrons. The number of nitrogens with zero attached hydrogens (tertiary/aromatic N) is 3. The smallest absolute Gasteiger partial charge is 0.406 e. The first-order valence-corrected chi connectivity index (χ1v) is 15.8. The predicted molar refractivity (Wildman–Crippen MR) is 166 cm³/mol. The maximum Gasteiger partial charge on any atom is 0.406 e. The van der Waals surface area contributed by atoms with Crippen LogP contribution in [0.15, 0.2) is 29.9 Å². The number of aldehydes is 2. The highest BCUT2D eigenvalue weighted by Gasteiger charge is 2.35. The van der Waals surface area contributed by atoms with Crippen molar-refractivity contribution in [2.24, 2.45) is 5.92 Å². The fourth-order valence-corrected chi connectivity index (χ4v) is 5.53. The molecule has 12 nitrogen and oxygen atoms in total. The van der Waals surface area contributed by atoms with E-state index < -0.39 is 24.2 Å². The van der Waals surface area contributed by atoms with Gasteiger partial charge in [-0.05, 0) is 70.2 Å². The van der Waals surface area contributed by atoms with Gasteiger partial charge in [0.15, 0.2) is 0 Å². The lowest BCUT2D eigenvalue weighted by Gasteiger charge is -2.41. The molecule has 0 fully saturated rings. The zero-order valence-corrected chi connectivity index (χ0v) is 26.4. The molecule has 43 heavy (non-hydrogen) atoms. The van der Waals surface area contributed by atoms with Gasteiger partial charge in [-0.2, -0.15) is 0 Å². The molecule has 0 saturated heterocycles. The molecule has 2 aromatic heterocycles. The number of carboxylic acid groups (broad SMARTS) is 1. The Morgan fingerprint density at radius 2 is 1.84 bits per heavy atom. The molecule has 2 heterocycles. The molecule has 0 aliphatic rings. The molecular weight excluding hydrogens is 570 g/mol. The Morgan fingerprint density at radius 1 is 1.12 bits per heavy atom. The third kappa shape index (κ3) is 13.3. The Bertz CT molecular complexity index is 1120. The van der Waals surface area contributed by atoms with E-state index in [9.17, 15) is 24.3 Å². The number of unbranched alkanes of at least 4 members (excludes halogenated alkanes) is 1. The summed E-state index contributed by atoms with van der Waals surface area (Å²) in [5.41, 5.74) is 5.12. The van der Waals surface area contributed by atoms with Crippen LogP contribution < -0.4 is 21.4 Å². The van der Waals surface area contributed by atoms with Crippen LogP contribution in [0.5, 0.6) is 0 Å². The lowest BCUT2D eigenvalue weighted by molar-refractivity contribution is -0.129. The summed E-state index contributed by atoms with van der Waals surface area (Å²) >= 11 is 1.47. The molecule has 2 aromatic rings. The summed E-state index contributed by atoms with van der Waals surface area (Å²) in [4.78, 5) is 57.4. The van der Waals surface area contributed by atoms with Gasteiger partial charge in [0.2, 0.25) is 5.91 Å². The van der Waals surface area contributed by atoms with Crippen LogP contribution in [0.2, 0.25) is 0 Å². The summed E-state index contributed by atoms with van der Waals surface area (Å²) in [6.07, 6.45) is 6.64. The number of pyridine rings is 1. The normalized spacial score (nSPS) is 14.8. The van der Waals surface area contributed by atoms with Gasteiger partial charge in [0, 0.05) is 60.9 Å². The van der Waals surface area contributed by atoms with Gasteiger partial charge < -0.3 is 30.6 Å². The molecule has 0 bridgehead atoms. The Kier molecular flexibility index (Phi) is 16.6. The fraction of sp³-hybridized carbons (Fsp3) is 0.600. The van der Waals surface area contributed by atoms with Crippen molar-refractivity contribution in [1.29, 1.82) is 0 Å². The van der Waals surface area contributed by atoms with Crippen LogP contribution in [0.1, 0.15) is 75.6 Å². The first-order valence-electron chi connectivity index (χ1n) is 14.9. The van der Waals surface area contributed by atoms with E-state index in [0.29, 0.717) is 51.0 Å². The number of rotatable bonds is 22. The molecule has 13 heteroatoms. The van der Waals surface area contributed by atoms with Gasteiger partial charge in [0.05, 0.1) is 5.01 Å². The van der Waals surface area contributed by atoms with Crippen molar-refractivity contribution in [2.45, 2.75) is 103 Å². The number of hydrogen-bond donors (Lipinski definition) is 5. The SMILES string of the molecule is CCC(C)NCCCC(CCCC=O)N(NCc1ccncc1)C(NC(=O)O)C(C=O)NC(=O)C(C)Cc1nc(C)cs1. The maximum atomic E-state index is 13.2. The first kappa shape index (κ1) is 35.9. The summed E-state index contributed by atoms with van der Waals surface area (Å²) in [6, 6.07) is 2.58. The Hall–Kier alpha value is -3.26. The molecule has 0 aromatic carbocycles. The number of aromatic nitrogens is 2. The average molecular weight is 618 g/mol. The second-order valence-electron chi connectivity index (χ2n) is 10.8. The topological polar surface area (TPSA) is 166 Å². The average Bonchev–Trinajstić information content (AvgIpc) is 3.41. The van der Waals surface area contributed by atoms with Gasteiger partial charge in [0.1, 0.15) is 24.8 Å². The van der Waals surface area contributed by atoms with Crippen molar-refractivity contribution in [2.75, 3.05) is 6.54 Å². The van der Waals surface area contributed by atoms with Crippen LogP contribution in [-0.4, -0.2) is 75.5 Å².